The lowest BCUT2D eigenvalue weighted by atomic mass is 9.84. The molecule has 0 radical (unpaired) electrons. The van der Waals surface area contributed by atoms with E-state index in [1.165, 1.54) is 220 Å². The second-order valence-corrected chi connectivity index (χ2v) is 33.2. The number of benzene rings is 17. The number of rotatable bonds is 11. The molecule has 2 nitrogen and oxygen atoms in total. The van der Waals surface area contributed by atoms with Crippen LogP contribution in [0.2, 0.25) is 0 Å². The summed E-state index contributed by atoms with van der Waals surface area (Å²) in [6, 6.07) is 123. The monoisotopic (exact) mass is 1440 g/mol. The van der Waals surface area contributed by atoms with Gasteiger partial charge in [0.2, 0.25) is 0 Å². The van der Waals surface area contributed by atoms with Crippen LogP contribution in [0.4, 0.5) is 0 Å². The third-order valence-corrected chi connectivity index (χ3v) is 23.7. The zero-order chi connectivity index (χ0) is 76.8. The molecule has 0 bridgehead atoms. The number of fused-ring (bicyclic) bond motifs is 10. The lowest BCUT2D eigenvalue weighted by molar-refractivity contribution is 0.591. The van der Waals surface area contributed by atoms with Crippen molar-refractivity contribution in [3.63, 3.8) is 0 Å². The molecule has 0 saturated carbocycles. The summed E-state index contributed by atoms with van der Waals surface area (Å²) < 4.78 is 4.89. The van der Waals surface area contributed by atoms with Crippen molar-refractivity contribution >= 4 is 86.7 Å². The Bertz CT molecular complexity index is 6850. The average Bonchev–Trinajstić information content (AvgIpc) is 1.22. The molecule has 0 fully saturated rings. The molecule has 17 aromatic carbocycles. The molecule has 544 valence electrons. The van der Waals surface area contributed by atoms with Crippen LogP contribution in [0.15, 0.2) is 328 Å². The Labute approximate surface area is 659 Å². The first-order chi connectivity index (χ1) is 54.3. The summed E-state index contributed by atoms with van der Waals surface area (Å²) in [5, 5.41) is 15.6. The van der Waals surface area contributed by atoms with Crippen LogP contribution in [0.1, 0.15) is 88.8 Å². The average molecular weight is 1440 g/mol. The van der Waals surface area contributed by atoms with Gasteiger partial charge in [0.25, 0.3) is 0 Å². The number of hydrogen-bond donors (Lipinski definition) is 0. The summed E-state index contributed by atoms with van der Waals surface area (Å²) >= 11 is 0. The maximum atomic E-state index is 2.44. The summed E-state index contributed by atoms with van der Waals surface area (Å²) in [4.78, 5) is 0. The van der Waals surface area contributed by atoms with Gasteiger partial charge in [0.15, 0.2) is 0 Å². The van der Waals surface area contributed by atoms with Crippen LogP contribution in [0.5, 0.6) is 0 Å². The predicted molar refractivity (Wildman–Crippen MR) is 486 cm³/mol. The Balaban J connectivity index is 0.000000157. The second kappa shape index (κ2) is 28.4. The number of aryl methyl sites for hydroxylation is 6. The van der Waals surface area contributed by atoms with Crippen LogP contribution in [0, 0.1) is 27.7 Å². The Kier molecular flexibility index (Phi) is 18.0. The first-order valence-electron chi connectivity index (χ1n) is 40.0. The first kappa shape index (κ1) is 71.0. The number of aromatic nitrogens is 2. The van der Waals surface area contributed by atoms with Crippen molar-refractivity contribution in [2.75, 3.05) is 0 Å². The van der Waals surface area contributed by atoms with Crippen LogP contribution in [0.25, 0.3) is 187 Å². The zero-order valence-corrected chi connectivity index (χ0v) is 66.5. The van der Waals surface area contributed by atoms with Gasteiger partial charge in [0.05, 0.1) is 0 Å². The molecule has 19 aromatic rings. The van der Waals surface area contributed by atoms with Crippen molar-refractivity contribution < 1.29 is 0 Å². The Morgan fingerprint density at radius 1 is 0.188 bits per heavy atom. The van der Waals surface area contributed by atoms with Gasteiger partial charge in [-0.05, 0) is 255 Å². The van der Waals surface area contributed by atoms with E-state index in [0.717, 1.165) is 13.1 Å². The molecule has 0 aliphatic rings. The van der Waals surface area contributed by atoms with Gasteiger partial charge in [-0.25, -0.2) is 0 Å². The van der Waals surface area contributed by atoms with Gasteiger partial charge in [-0.2, -0.15) is 0 Å². The minimum atomic E-state index is 0.0986. The molecule has 2 heterocycles. The highest BCUT2D eigenvalue weighted by Gasteiger charge is 2.24. The van der Waals surface area contributed by atoms with Gasteiger partial charge in [-0.15, -0.1) is 0 Å². The van der Waals surface area contributed by atoms with Gasteiger partial charge >= 0.3 is 0 Å². The van der Waals surface area contributed by atoms with E-state index < -0.39 is 0 Å². The highest BCUT2D eigenvalue weighted by molar-refractivity contribution is 6.23. The predicted octanol–water partition coefficient (Wildman–Crippen LogP) is 31.1. The lowest BCUT2D eigenvalue weighted by Gasteiger charge is -2.19. The van der Waals surface area contributed by atoms with Crippen LogP contribution in [0.3, 0.4) is 0 Å². The molecular formula is C110H94N2. The van der Waals surface area contributed by atoms with Crippen LogP contribution in [-0.4, -0.2) is 9.13 Å². The summed E-state index contributed by atoms with van der Waals surface area (Å²) in [5.74, 6) is 0. The van der Waals surface area contributed by atoms with E-state index in [1.807, 2.05) is 0 Å². The van der Waals surface area contributed by atoms with E-state index in [-0.39, 0.29) is 10.8 Å². The van der Waals surface area contributed by atoms with Crippen molar-refractivity contribution in [2.24, 2.45) is 0 Å². The van der Waals surface area contributed by atoms with E-state index in [2.05, 4.69) is 420 Å². The number of hydrogen-bond acceptors (Lipinski definition) is 0. The van der Waals surface area contributed by atoms with E-state index >= 15 is 0 Å². The van der Waals surface area contributed by atoms with Crippen molar-refractivity contribution in [3.8, 4) is 100 Å². The van der Waals surface area contributed by atoms with Crippen LogP contribution < -0.4 is 0 Å². The third kappa shape index (κ3) is 12.8. The fourth-order valence-corrected chi connectivity index (χ4v) is 17.8. The van der Waals surface area contributed by atoms with Gasteiger partial charge < -0.3 is 9.13 Å². The standard InChI is InChI=1S/C58H49N.C52H45N/c1-7-59-54-31-27-46(35-50(54)51-36-47(58(4,5)6)28-32-55(51)59)43-17-15-41(16-18-43)42-21-25-45(26-22-42)57-49-30-14-37(2)33-52(49)56(48-29-13-38(3)34-53(48)57)44-23-19-40(20-24-44)39-11-9-8-10-12-39;1-7-53-48-27-23-40(31-44(48)45-32-41(52(4,5)6)24-28-49(45)53)37-17-15-35(16-18-37)36-19-21-39(22-20-36)51-43-26-14-33(2)29-46(43)50(38-11-9-8-10-12-38)42-25-13-34(3)30-47(42)51/h8-36H,7H2,1-6H3;8-32H,7H2,1-6H3. The molecule has 0 unspecified atom stereocenters. The zero-order valence-electron chi connectivity index (χ0n) is 66.5. The summed E-state index contributed by atoms with van der Waals surface area (Å²) in [5.41, 5.74) is 35.7. The summed E-state index contributed by atoms with van der Waals surface area (Å²) in [6.45, 7) is 28.9. The molecule has 112 heavy (non-hydrogen) atoms. The van der Waals surface area contributed by atoms with Crippen LogP contribution in [-0.2, 0) is 23.9 Å². The van der Waals surface area contributed by atoms with Gasteiger partial charge in [0.1, 0.15) is 0 Å². The van der Waals surface area contributed by atoms with E-state index in [1.54, 1.807) is 0 Å². The molecule has 2 heteroatoms. The maximum Gasteiger partial charge on any atom is 0.0491 e. The topological polar surface area (TPSA) is 9.86 Å². The van der Waals surface area contributed by atoms with Gasteiger partial charge in [-0.3, -0.25) is 0 Å². The minimum absolute atomic E-state index is 0.0986. The van der Waals surface area contributed by atoms with Crippen molar-refractivity contribution in [3.05, 3.63) is 361 Å². The van der Waals surface area contributed by atoms with Gasteiger partial charge in [0, 0.05) is 56.7 Å². The summed E-state index contributed by atoms with van der Waals surface area (Å²) in [6.07, 6.45) is 0. The molecule has 19 rings (SSSR count). The Hall–Kier alpha value is -12.6. The Morgan fingerprint density at radius 2 is 0.402 bits per heavy atom. The smallest absolute Gasteiger partial charge is 0.0491 e. The normalized spacial score (nSPS) is 12.0. The second-order valence-electron chi connectivity index (χ2n) is 33.2. The molecule has 0 spiro atoms. The summed E-state index contributed by atoms with van der Waals surface area (Å²) in [7, 11) is 0. The first-order valence-corrected chi connectivity index (χ1v) is 40.0. The quantitative estimate of drug-likeness (QED) is 0.114. The minimum Gasteiger partial charge on any atom is -0.341 e. The van der Waals surface area contributed by atoms with Gasteiger partial charge in [-0.1, -0.05) is 343 Å². The van der Waals surface area contributed by atoms with Crippen LogP contribution >= 0.6 is 0 Å². The lowest BCUT2D eigenvalue weighted by Crippen LogP contribution is -2.10. The van der Waals surface area contributed by atoms with Crippen molar-refractivity contribution in [2.45, 2.75) is 107 Å². The van der Waals surface area contributed by atoms with Crippen molar-refractivity contribution in [1.29, 1.82) is 0 Å². The Morgan fingerprint density at radius 3 is 0.670 bits per heavy atom. The fourth-order valence-electron chi connectivity index (χ4n) is 17.8. The largest absolute Gasteiger partial charge is 0.341 e. The van der Waals surface area contributed by atoms with Crippen molar-refractivity contribution in [1.82, 2.24) is 9.13 Å². The van der Waals surface area contributed by atoms with E-state index in [0.29, 0.717) is 0 Å². The molecule has 0 N–H and O–H groups in total. The van der Waals surface area contributed by atoms with E-state index in [9.17, 15) is 0 Å². The molecule has 2 aromatic heterocycles. The fraction of sp³-hybridized carbons (Fsp3) is 0.145. The SMILES string of the molecule is CCn1c2ccc(-c3ccc(-c4ccc(-c5c6ccc(C)cc6c(-c6ccc(-c7ccccc7)cc6)c6ccc(C)cc56)cc4)cc3)cc2c2cc(C(C)(C)C)ccc21.CCn1c2ccc(-c3ccc(-c4ccc(-c5c6ccc(C)cc6c(-c6ccccc6)c6ccc(C)cc56)cc4)cc3)cc2c2cc(C(C)(C)C)ccc21. The molecule has 0 aliphatic heterocycles. The third-order valence-electron chi connectivity index (χ3n) is 23.7. The molecule has 0 saturated heterocycles. The molecule has 0 amide bonds. The highest BCUT2D eigenvalue weighted by atomic mass is 15.0. The van der Waals surface area contributed by atoms with E-state index in [4.69, 9.17) is 0 Å². The maximum absolute atomic E-state index is 2.44. The molecule has 0 atom stereocenters. The molecular weight excluding hydrogens is 1350 g/mol. The number of nitrogens with zero attached hydrogens (tertiary/aromatic N) is 2. The highest BCUT2D eigenvalue weighted by Crippen LogP contribution is 2.48. The molecule has 0 aliphatic carbocycles.